The number of carbonyl (C=O) groups is 9. The lowest BCUT2D eigenvalue weighted by Crippen LogP contribution is -2.67. The quantitative estimate of drug-likeness (QED) is 0.0253. The maximum absolute atomic E-state index is 12.4. The van der Waals surface area contributed by atoms with Crippen molar-refractivity contribution in [1.29, 1.82) is 0 Å². The van der Waals surface area contributed by atoms with Crippen LogP contribution in [-0.2, 0) is 90.6 Å². The summed E-state index contributed by atoms with van der Waals surface area (Å²) in [6.07, 6.45) is -8.63. The van der Waals surface area contributed by atoms with Gasteiger partial charge in [0.05, 0.1) is 0 Å². The summed E-state index contributed by atoms with van der Waals surface area (Å²) in [7, 11) is 0. The zero-order chi connectivity index (χ0) is 45.6. The minimum absolute atomic E-state index is 0.0367. The van der Waals surface area contributed by atoms with Gasteiger partial charge >= 0.3 is 35.8 Å². The van der Waals surface area contributed by atoms with Gasteiger partial charge in [-0.2, -0.15) is 0 Å². The van der Waals surface area contributed by atoms with Gasteiger partial charge in [-0.15, -0.1) is 5.59 Å². The molecule has 25 heteroatoms. The lowest BCUT2D eigenvalue weighted by molar-refractivity contribution is -0.296. The Balaban J connectivity index is 1.84. The first-order valence-electron chi connectivity index (χ1n) is 19.4. The highest BCUT2D eigenvalue weighted by atomic mass is 16.8. The molecule has 25 nitrogen and oxygen atoms in total. The number of amides is 3. The number of esters is 6. The normalized spacial score (nSPS) is 25.8. The second-order valence-electron chi connectivity index (χ2n) is 13.7. The van der Waals surface area contributed by atoms with Gasteiger partial charge in [0.1, 0.15) is 37.5 Å². The predicted molar refractivity (Wildman–Crippen MR) is 201 cm³/mol. The molecule has 6 N–H and O–H groups in total. The molecule has 2 fully saturated rings. The van der Waals surface area contributed by atoms with Crippen LogP contribution in [0.3, 0.4) is 0 Å². The van der Waals surface area contributed by atoms with E-state index in [2.05, 4.69) is 32.5 Å². The highest BCUT2D eigenvalue weighted by Gasteiger charge is 2.53. The Morgan fingerprint density at radius 2 is 0.951 bits per heavy atom. The smallest absolute Gasteiger partial charge is 0.303 e. The molecule has 0 saturated carbocycles. The van der Waals surface area contributed by atoms with Gasteiger partial charge in [0, 0.05) is 81.5 Å². The predicted octanol–water partition coefficient (Wildman–Crippen LogP) is -2.48. The Kier molecular flexibility index (Phi) is 23.1. The number of hydrazine groups is 2. The highest BCUT2D eigenvalue weighted by molar-refractivity contribution is 5.75. The summed E-state index contributed by atoms with van der Waals surface area (Å²) in [4.78, 5) is 113. The van der Waals surface area contributed by atoms with Crippen LogP contribution in [0.1, 0.15) is 81.1 Å². The molecule has 2 rings (SSSR count). The van der Waals surface area contributed by atoms with Gasteiger partial charge in [-0.1, -0.05) is 0 Å². The van der Waals surface area contributed by atoms with Crippen LogP contribution in [0.15, 0.2) is 0 Å². The molecule has 61 heavy (non-hydrogen) atoms. The van der Waals surface area contributed by atoms with Crippen LogP contribution >= 0.6 is 0 Å². The summed E-state index contributed by atoms with van der Waals surface area (Å²) in [5, 5.41) is 5.18. The van der Waals surface area contributed by atoms with Gasteiger partial charge in [-0.3, -0.25) is 53.4 Å². The standard InChI is InChI=1S/C36H58N6O19/c1-18(43)39-29-33(57-24(7)49)31(55-22(5)47)26(16-53-20(3)45)59-35(29)52-15-10-9-12-28(51)41-37-13-11-14-38-42-61-36-30(40-19(2)44)34(58-25(8)50)32(56-23(6)48)27(60-36)17-54-21(4)46/h26-27,29-38,42H,9-17H2,1-8H3,(H,39,43)(H,40,44)(H,41,51). The highest BCUT2D eigenvalue weighted by Crippen LogP contribution is 2.29. The first kappa shape index (κ1) is 52.1. The van der Waals surface area contributed by atoms with E-state index in [1.165, 1.54) is 20.8 Å². The SMILES string of the molecule is CC(=O)NC1C(OCCCCC(=O)NNCCCNNOC2OC(COC(C)=O)C(OC(C)=O)C(OC(C)=O)C2NC(C)=O)OC(COC(C)=O)C(OC(C)=O)C1OC(C)=O. The van der Waals surface area contributed by atoms with E-state index < -0.39 is 116 Å². The second kappa shape index (κ2) is 27.0. The number of rotatable bonds is 24. The van der Waals surface area contributed by atoms with Crippen LogP contribution in [0.2, 0.25) is 0 Å². The summed E-state index contributed by atoms with van der Waals surface area (Å²) in [6.45, 7) is 9.13. The van der Waals surface area contributed by atoms with Crippen LogP contribution < -0.4 is 32.5 Å². The zero-order valence-corrected chi connectivity index (χ0v) is 35.4. The molecule has 3 amide bonds. The van der Waals surface area contributed by atoms with Crippen molar-refractivity contribution in [2.45, 2.75) is 142 Å². The lowest BCUT2D eigenvalue weighted by atomic mass is 9.96. The fourth-order valence-electron chi connectivity index (χ4n) is 6.05. The van der Waals surface area contributed by atoms with Crippen molar-refractivity contribution in [2.24, 2.45) is 0 Å². The number of hydrogen-bond donors (Lipinski definition) is 6. The summed E-state index contributed by atoms with van der Waals surface area (Å²) in [5.41, 5.74) is 10.6. The number of carbonyl (C=O) groups excluding carboxylic acids is 9. The summed E-state index contributed by atoms with van der Waals surface area (Å²) < 4.78 is 49.4. The van der Waals surface area contributed by atoms with Gasteiger partial charge in [0.2, 0.25) is 24.0 Å². The van der Waals surface area contributed by atoms with Gasteiger partial charge < -0.3 is 53.3 Å². The Labute approximate surface area is 351 Å². The largest absolute Gasteiger partial charge is 0.463 e. The monoisotopic (exact) mass is 878 g/mol. The molecule has 2 aliphatic heterocycles. The average molecular weight is 879 g/mol. The van der Waals surface area contributed by atoms with Crippen molar-refractivity contribution < 1.29 is 90.6 Å². The molecule has 0 spiro atoms. The van der Waals surface area contributed by atoms with Crippen molar-refractivity contribution in [3.8, 4) is 0 Å². The first-order valence-corrected chi connectivity index (χ1v) is 19.4. The van der Waals surface area contributed by atoms with Crippen molar-refractivity contribution >= 4 is 53.5 Å². The number of ether oxygens (including phenoxy) is 9. The Hall–Kier alpha value is -5.05. The minimum atomic E-state index is -1.34. The Morgan fingerprint density at radius 3 is 1.41 bits per heavy atom. The topological polar surface area (TPSA) is 318 Å². The van der Waals surface area contributed by atoms with E-state index in [-0.39, 0.29) is 32.1 Å². The van der Waals surface area contributed by atoms with Crippen LogP contribution in [0.4, 0.5) is 0 Å². The first-order chi connectivity index (χ1) is 28.8. The van der Waals surface area contributed by atoms with Crippen molar-refractivity contribution in [2.75, 3.05) is 32.9 Å². The molecule has 2 saturated heterocycles. The van der Waals surface area contributed by atoms with Crippen molar-refractivity contribution in [3.63, 3.8) is 0 Å². The van der Waals surface area contributed by atoms with Crippen LogP contribution in [0.5, 0.6) is 0 Å². The molecule has 10 unspecified atom stereocenters. The van der Waals surface area contributed by atoms with E-state index in [0.29, 0.717) is 25.8 Å². The maximum atomic E-state index is 12.4. The zero-order valence-electron chi connectivity index (χ0n) is 35.4. The molecule has 0 aromatic rings. The minimum Gasteiger partial charge on any atom is -0.463 e. The molecule has 10 atom stereocenters. The Morgan fingerprint density at radius 1 is 0.508 bits per heavy atom. The summed E-state index contributed by atoms with van der Waals surface area (Å²) in [5.74, 6) is -5.66. The molecule has 0 aliphatic carbocycles. The molecule has 0 aromatic heterocycles. The second-order valence-corrected chi connectivity index (χ2v) is 13.7. The van der Waals surface area contributed by atoms with E-state index in [9.17, 15) is 43.2 Å². The van der Waals surface area contributed by atoms with Crippen LogP contribution in [0, 0.1) is 0 Å². The Bertz CT molecular complexity index is 1520. The van der Waals surface area contributed by atoms with Crippen molar-refractivity contribution in [3.05, 3.63) is 0 Å². The van der Waals surface area contributed by atoms with Gasteiger partial charge in [-0.25, -0.2) is 10.9 Å². The van der Waals surface area contributed by atoms with E-state index in [4.69, 9.17) is 47.5 Å². The number of unbranched alkanes of at least 4 members (excludes halogenated alkanes) is 1. The average Bonchev–Trinajstić information content (AvgIpc) is 3.14. The van der Waals surface area contributed by atoms with Crippen LogP contribution in [-0.4, -0.2) is 148 Å². The number of hydrogen-bond acceptors (Lipinski definition) is 22. The van der Waals surface area contributed by atoms with E-state index >= 15 is 0 Å². The van der Waals surface area contributed by atoms with E-state index in [1.807, 2.05) is 0 Å². The van der Waals surface area contributed by atoms with Crippen LogP contribution in [0.25, 0.3) is 0 Å². The third kappa shape index (κ3) is 19.9. The molecule has 2 heterocycles. The molecule has 346 valence electrons. The third-order valence-electron chi connectivity index (χ3n) is 8.30. The van der Waals surface area contributed by atoms with Gasteiger partial charge in [0.25, 0.3) is 0 Å². The summed E-state index contributed by atoms with van der Waals surface area (Å²) in [6, 6.07) is -2.29. The molecular weight excluding hydrogens is 820 g/mol. The van der Waals surface area contributed by atoms with E-state index in [1.54, 1.807) is 0 Å². The fraction of sp³-hybridized carbons (Fsp3) is 0.750. The molecule has 0 aromatic carbocycles. The fourth-order valence-corrected chi connectivity index (χ4v) is 6.05. The summed E-state index contributed by atoms with van der Waals surface area (Å²) >= 11 is 0. The molecule has 0 radical (unpaired) electrons. The van der Waals surface area contributed by atoms with Crippen molar-refractivity contribution in [1.82, 2.24) is 32.5 Å². The third-order valence-corrected chi connectivity index (χ3v) is 8.30. The molecule has 2 aliphatic rings. The molecule has 0 bridgehead atoms. The van der Waals surface area contributed by atoms with E-state index in [0.717, 1.165) is 34.6 Å². The van der Waals surface area contributed by atoms with Gasteiger partial charge in [-0.05, 0) is 19.3 Å². The lowest BCUT2D eigenvalue weighted by Gasteiger charge is -2.44. The van der Waals surface area contributed by atoms with Gasteiger partial charge in [0.15, 0.2) is 30.7 Å². The number of nitrogens with one attached hydrogen (secondary N) is 6. The molecular formula is C36H58N6O19. The maximum Gasteiger partial charge on any atom is 0.303 e.